The zero-order valence-corrected chi connectivity index (χ0v) is 12.4. The number of hydrogen-bond acceptors (Lipinski definition) is 2. The highest BCUT2D eigenvalue weighted by Crippen LogP contribution is 2.50. The van der Waals surface area contributed by atoms with Crippen LogP contribution in [0.4, 0.5) is 5.69 Å². The molecule has 0 unspecified atom stereocenters. The Hall–Kier alpha value is -1.51. The van der Waals surface area contributed by atoms with Crippen LogP contribution in [0.15, 0.2) is 12.1 Å². The first kappa shape index (κ1) is 13.9. The second kappa shape index (κ2) is 4.26. The molecular weight excluding hydrogens is 238 g/mol. The molecule has 104 valence electrons. The van der Waals surface area contributed by atoms with Gasteiger partial charge < -0.3 is 10.4 Å². The predicted octanol–water partition coefficient (Wildman–Crippen LogP) is 3.70. The lowest BCUT2D eigenvalue weighted by Crippen LogP contribution is -2.34. The Labute approximate surface area is 115 Å². The first-order valence-electron chi connectivity index (χ1n) is 6.80. The van der Waals surface area contributed by atoms with Gasteiger partial charge in [-0.25, -0.2) is 0 Å². The number of fused-ring (bicyclic) bond motifs is 1. The third-order valence-corrected chi connectivity index (χ3v) is 4.27. The summed E-state index contributed by atoms with van der Waals surface area (Å²) in [6, 6.07) is 3.85. The van der Waals surface area contributed by atoms with E-state index in [-0.39, 0.29) is 22.5 Å². The fourth-order valence-corrected chi connectivity index (χ4v) is 3.02. The molecule has 0 fully saturated rings. The van der Waals surface area contributed by atoms with Crippen LogP contribution in [0.2, 0.25) is 0 Å². The largest absolute Gasteiger partial charge is 0.505 e. The molecule has 0 bridgehead atoms. The van der Waals surface area contributed by atoms with Crippen molar-refractivity contribution in [3.8, 4) is 5.75 Å². The molecule has 0 heterocycles. The number of phenols is 1. The second-order valence-corrected chi connectivity index (χ2v) is 6.83. The summed E-state index contributed by atoms with van der Waals surface area (Å²) < 4.78 is 0. The Morgan fingerprint density at radius 3 is 2.32 bits per heavy atom. The molecule has 2 N–H and O–H groups in total. The van der Waals surface area contributed by atoms with E-state index in [0.717, 1.165) is 18.4 Å². The molecule has 0 aliphatic heterocycles. The van der Waals surface area contributed by atoms with Gasteiger partial charge >= 0.3 is 0 Å². The number of carbonyl (C=O) groups is 1. The number of carbonyl (C=O) groups excluding carboxylic acids is 1. The summed E-state index contributed by atoms with van der Waals surface area (Å²) in [4.78, 5) is 11.2. The minimum Gasteiger partial charge on any atom is -0.505 e. The predicted molar refractivity (Wildman–Crippen MR) is 77.7 cm³/mol. The molecule has 1 amide bonds. The van der Waals surface area contributed by atoms with Gasteiger partial charge in [0.05, 0.1) is 5.69 Å². The fraction of sp³-hybridized carbons (Fsp3) is 0.562. The molecule has 19 heavy (non-hydrogen) atoms. The lowest BCUT2D eigenvalue weighted by molar-refractivity contribution is -0.114. The first-order chi connectivity index (χ1) is 8.65. The van der Waals surface area contributed by atoms with Gasteiger partial charge in [0.1, 0.15) is 5.75 Å². The van der Waals surface area contributed by atoms with Crippen molar-refractivity contribution in [2.45, 2.75) is 58.3 Å². The van der Waals surface area contributed by atoms with E-state index >= 15 is 0 Å². The summed E-state index contributed by atoms with van der Waals surface area (Å²) in [5.41, 5.74) is 2.68. The fourth-order valence-electron chi connectivity index (χ4n) is 3.02. The molecule has 1 aliphatic carbocycles. The van der Waals surface area contributed by atoms with E-state index in [9.17, 15) is 9.90 Å². The van der Waals surface area contributed by atoms with Gasteiger partial charge in [0.25, 0.3) is 0 Å². The summed E-state index contributed by atoms with van der Waals surface area (Å²) in [6.07, 6.45) is 2.13. The van der Waals surface area contributed by atoms with Gasteiger partial charge in [-0.2, -0.15) is 0 Å². The van der Waals surface area contributed by atoms with E-state index in [4.69, 9.17) is 0 Å². The Bertz CT molecular complexity index is 530. The molecule has 3 nitrogen and oxygen atoms in total. The Morgan fingerprint density at radius 1 is 1.16 bits per heavy atom. The maximum atomic E-state index is 11.2. The van der Waals surface area contributed by atoms with E-state index in [1.54, 1.807) is 6.07 Å². The zero-order valence-electron chi connectivity index (χ0n) is 12.4. The Morgan fingerprint density at radius 2 is 1.74 bits per heavy atom. The van der Waals surface area contributed by atoms with Gasteiger partial charge in [0, 0.05) is 12.5 Å². The van der Waals surface area contributed by atoms with E-state index < -0.39 is 0 Å². The van der Waals surface area contributed by atoms with Crippen LogP contribution < -0.4 is 5.32 Å². The topological polar surface area (TPSA) is 49.3 Å². The second-order valence-electron chi connectivity index (χ2n) is 6.83. The molecule has 0 aromatic heterocycles. The van der Waals surface area contributed by atoms with Crippen LogP contribution in [-0.2, 0) is 15.6 Å². The molecule has 0 atom stereocenters. The van der Waals surface area contributed by atoms with E-state index in [1.165, 1.54) is 12.5 Å². The highest BCUT2D eigenvalue weighted by Gasteiger charge is 2.39. The number of aromatic hydroxyl groups is 1. The van der Waals surface area contributed by atoms with Crippen LogP contribution in [0.3, 0.4) is 0 Å². The van der Waals surface area contributed by atoms with Crippen molar-refractivity contribution >= 4 is 11.6 Å². The molecule has 3 heteroatoms. The van der Waals surface area contributed by atoms with Gasteiger partial charge in [0.15, 0.2) is 0 Å². The molecule has 1 aromatic carbocycles. The van der Waals surface area contributed by atoms with Crippen molar-refractivity contribution < 1.29 is 9.90 Å². The minimum absolute atomic E-state index is 0.0661. The normalized spacial score (nSPS) is 19.6. The minimum atomic E-state index is -0.164. The Kier molecular flexibility index (Phi) is 3.12. The van der Waals surface area contributed by atoms with Crippen molar-refractivity contribution in [3.63, 3.8) is 0 Å². The van der Waals surface area contributed by atoms with Crippen LogP contribution >= 0.6 is 0 Å². The maximum absolute atomic E-state index is 11.2. The number of benzene rings is 1. The molecule has 2 rings (SSSR count). The van der Waals surface area contributed by atoms with Gasteiger partial charge in [-0.1, -0.05) is 33.8 Å². The molecule has 1 aliphatic rings. The number of hydrogen-bond donors (Lipinski definition) is 2. The molecule has 0 radical (unpaired) electrons. The average molecular weight is 261 g/mol. The molecule has 1 aromatic rings. The third-order valence-electron chi connectivity index (χ3n) is 4.27. The first-order valence-corrected chi connectivity index (χ1v) is 6.80. The molecule has 0 saturated heterocycles. The summed E-state index contributed by atoms with van der Waals surface area (Å²) in [7, 11) is 0. The van der Waals surface area contributed by atoms with Crippen molar-refractivity contribution in [1.82, 2.24) is 0 Å². The monoisotopic (exact) mass is 261 g/mol. The van der Waals surface area contributed by atoms with Crippen LogP contribution in [0.25, 0.3) is 0 Å². The lowest BCUT2D eigenvalue weighted by Gasteiger charge is -2.42. The zero-order chi connectivity index (χ0) is 14.4. The number of rotatable bonds is 1. The lowest BCUT2D eigenvalue weighted by atomic mass is 9.63. The smallest absolute Gasteiger partial charge is 0.221 e. The highest BCUT2D eigenvalue weighted by molar-refractivity contribution is 5.91. The summed E-state index contributed by atoms with van der Waals surface area (Å²) >= 11 is 0. The van der Waals surface area contributed by atoms with Gasteiger partial charge in [-0.3, -0.25) is 4.79 Å². The van der Waals surface area contributed by atoms with Crippen molar-refractivity contribution in [1.29, 1.82) is 0 Å². The van der Waals surface area contributed by atoms with E-state index in [0.29, 0.717) is 5.69 Å². The third kappa shape index (κ3) is 2.34. The number of phenolic OH excluding ortho intramolecular Hbond substituents is 1. The number of anilines is 1. The average Bonchev–Trinajstić information content (AvgIpc) is 2.27. The van der Waals surface area contributed by atoms with Crippen molar-refractivity contribution in [2.75, 3.05) is 5.32 Å². The van der Waals surface area contributed by atoms with E-state index in [1.807, 2.05) is 6.07 Å². The molecule has 0 spiro atoms. The number of nitrogens with one attached hydrogen (secondary N) is 1. The van der Waals surface area contributed by atoms with Gasteiger partial charge in [-0.15, -0.1) is 0 Å². The Balaban J connectivity index is 2.64. The summed E-state index contributed by atoms with van der Waals surface area (Å²) in [5, 5.41) is 13.2. The quantitative estimate of drug-likeness (QED) is 0.757. The van der Waals surface area contributed by atoms with E-state index in [2.05, 4.69) is 33.0 Å². The van der Waals surface area contributed by atoms with Crippen LogP contribution in [0.5, 0.6) is 5.75 Å². The van der Waals surface area contributed by atoms with Crippen LogP contribution in [-0.4, -0.2) is 11.0 Å². The number of amides is 1. The van der Waals surface area contributed by atoms with Gasteiger partial charge in [0.2, 0.25) is 5.91 Å². The highest BCUT2D eigenvalue weighted by atomic mass is 16.3. The molecular formula is C16H23NO2. The van der Waals surface area contributed by atoms with Gasteiger partial charge in [-0.05, 0) is 35.3 Å². The maximum Gasteiger partial charge on any atom is 0.221 e. The van der Waals surface area contributed by atoms with Crippen LogP contribution in [0.1, 0.15) is 58.6 Å². The van der Waals surface area contributed by atoms with Crippen molar-refractivity contribution in [3.05, 3.63) is 23.3 Å². The summed E-state index contributed by atoms with van der Waals surface area (Å²) in [6.45, 7) is 10.2. The SMILES string of the molecule is CC(=O)Nc1ccc2c(c1O)C(C)(C)CCC2(C)C. The van der Waals surface area contributed by atoms with Crippen LogP contribution in [0, 0.1) is 0 Å². The van der Waals surface area contributed by atoms with Crippen molar-refractivity contribution in [2.24, 2.45) is 0 Å². The summed E-state index contributed by atoms with van der Waals surface area (Å²) in [5.74, 6) is 0.0635. The molecule has 0 saturated carbocycles. The standard InChI is InChI=1S/C16H23NO2/c1-10(18)17-12-7-6-11-13(14(12)19)16(4,5)9-8-15(11,2)3/h6-7,19H,8-9H2,1-5H3,(H,17,18).